The van der Waals surface area contributed by atoms with Gasteiger partial charge in [0.05, 0.1) is 5.56 Å². The van der Waals surface area contributed by atoms with Crippen LogP contribution in [0, 0.1) is 13.8 Å². The van der Waals surface area contributed by atoms with E-state index in [-0.39, 0.29) is 5.91 Å². The summed E-state index contributed by atoms with van der Waals surface area (Å²) in [5, 5.41) is 2.92. The molecule has 0 aromatic heterocycles. The van der Waals surface area contributed by atoms with Gasteiger partial charge in [0.1, 0.15) is 0 Å². The zero-order valence-corrected chi connectivity index (χ0v) is 11.9. The van der Waals surface area contributed by atoms with Crippen LogP contribution in [0.25, 0.3) is 0 Å². The maximum Gasteiger partial charge on any atom is 0.253 e. The fraction of sp³-hybridized carbons (Fsp3) is 0.235. The van der Waals surface area contributed by atoms with E-state index in [1.54, 1.807) is 6.07 Å². The first-order chi connectivity index (χ1) is 9.59. The Morgan fingerprint density at radius 3 is 2.50 bits per heavy atom. The van der Waals surface area contributed by atoms with Crippen molar-refractivity contribution < 1.29 is 4.79 Å². The molecule has 1 amide bonds. The van der Waals surface area contributed by atoms with Gasteiger partial charge in [-0.25, -0.2) is 0 Å². The highest BCUT2D eigenvalue weighted by molar-refractivity contribution is 5.99. The lowest BCUT2D eigenvalue weighted by Gasteiger charge is -2.10. The van der Waals surface area contributed by atoms with E-state index in [9.17, 15) is 4.79 Å². The van der Waals surface area contributed by atoms with Gasteiger partial charge in [-0.05, 0) is 43.0 Å². The number of amides is 1. The van der Waals surface area contributed by atoms with Crippen molar-refractivity contribution in [2.24, 2.45) is 0 Å². The van der Waals surface area contributed by atoms with E-state index in [1.165, 1.54) is 11.1 Å². The number of nitrogen functional groups attached to an aromatic ring is 1. The van der Waals surface area contributed by atoms with Gasteiger partial charge in [0.25, 0.3) is 5.91 Å². The molecular formula is C17H20N2O. The van der Waals surface area contributed by atoms with Crippen LogP contribution < -0.4 is 11.1 Å². The van der Waals surface area contributed by atoms with Crippen LogP contribution in [0.1, 0.15) is 27.0 Å². The first-order valence-electron chi connectivity index (χ1n) is 6.77. The number of hydrogen-bond acceptors (Lipinski definition) is 2. The topological polar surface area (TPSA) is 55.1 Å². The van der Waals surface area contributed by atoms with Crippen LogP contribution in [0.2, 0.25) is 0 Å². The monoisotopic (exact) mass is 268 g/mol. The van der Waals surface area contributed by atoms with E-state index in [2.05, 4.69) is 24.4 Å². The van der Waals surface area contributed by atoms with E-state index in [0.29, 0.717) is 17.8 Å². The summed E-state index contributed by atoms with van der Waals surface area (Å²) in [4.78, 5) is 12.1. The maximum atomic E-state index is 12.1. The lowest BCUT2D eigenvalue weighted by atomic mass is 10.1. The van der Waals surface area contributed by atoms with Crippen LogP contribution in [-0.4, -0.2) is 12.5 Å². The summed E-state index contributed by atoms with van der Waals surface area (Å²) in [6.45, 7) is 4.59. The smallest absolute Gasteiger partial charge is 0.253 e. The third-order valence-electron chi connectivity index (χ3n) is 3.51. The van der Waals surface area contributed by atoms with Gasteiger partial charge in [-0.3, -0.25) is 4.79 Å². The van der Waals surface area contributed by atoms with E-state index < -0.39 is 0 Å². The number of rotatable bonds is 4. The molecule has 0 bridgehead atoms. The van der Waals surface area contributed by atoms with Crippen molar-refractivity contribution in [2.75, 3.05) is 12.3 Å². The molecule has 2 aromatic rings. The molecule has 0 aliphatic heterocycles. The number of nitrogens with one attached hydrogen (secondary N) is 1. The molecule has 3 nitrogen and oxygen atoms in total. The summed E-state index contributed by atoms with van der Waals surface area (Å²) >= 11 is 0. The standard InChI is InChI=1S/C17H20N2O/c1-12-6-3-4-8-14(12)10-11-19-17(20)15-9-5-7-13(2)16(15)18/h3-9H,10-11,18H2,1-2H3,(H,19,20). The molecule has 2 rings (SSSR count). The van der Waals surface area contributed by atoms with Crippen molar-refractivity contribution >= 4 is 11.6 Å². The van der Waals surface area contributed by atoms with Crippen molar-refractivity contribution in [1.82, 2.24) is 5.32 Å². The van der Waals surface area contributed by atoms with Gasteiger partial charge in [0.15, 0.2) is 0 Å². The van der Waals surface area contributed by atoms with Crippen LogP contribution >= 0.6 is 0 Å². The lowest BCUT2D eigenvalue weighted by molar-refractivity contribution is 0.0955. The Balaban J connectivity index is 1.96. The Kier molecular flexibility index (Phi) is 4.41. The lowest BCUT2D eigenvalue weighted by Crippen LogP contribution is -2.26. The highest BCUT2D eigenvalue weighted by Gasteiger charge is 2.10. The molecule has 20 heavy (non-hydrogen) atoms. The number of carbonyl (C=O) groups excluding carboxylic acids is 1. The first-order valence-corrected chi connectivity index (χ1v) is 6.77. The minimum Gasteiger partial charge on any atom is -0.398 e. The van der Waals surface area contributed by atoms with Crippen molar-refractivity contribution in [3.05, 3.63) is 64.7 Å². The molecule has 0 saturated heterocycles. The van der Waals surface area contributed by atoms with Crippen molar-refractivity contribution in [3.8, 4) is 0 Å². The zero-order valence-electron chi connectivity index (χ0n) is 11.9. The van der Waals surface area contributed by atoms with Crippen molar-refractivity contribution in [2.45, 2.75) is 20.3 Å². The van der Waals surface area contributed by atoms with Gasteiger partial charge in [-0.15, -0.1) is 0 Å². The summed E-state index contributed by atoms with van der Waals surface area (Å²) in [7, 11) is 0. The Morgan fingerprint density at radius 1 is 1.05 bits per heavy atom. The predicted molar refractivity (Wildman–Crippen MR) is 82.8 cm³/mol. The molecule has 0 radical (unpaired) electrons. The molecule has 2 aromatic carbocycles. The Bertz CT molecular complexity index is 620. The highest BCUT2D eigenvalue weighted by Crippen LogP contribution is 2.16. The molecule has 0 fully saturated rings. The summed E-state index contributed by atoms with van der Waals surface area (Å²) in [5.74, 6) is -0.111. The second kappa shape index (κ2) is 6.24. The molecule has 3 N–H and O–H groups in total. The summed E-state index contributed by atoms with van der Waals surface area (Å²) in [6, 6.07) is 13.7. The summed E-state index contributed by atoms with van der Waals surface area (Å²) in [5.41, 5.74) is 10.5. The molecule has 0 atom stereocenters. The third kappa shape index (κ3) is 3.18. The van der Waals surface area contributed by atoms with Gasteiger partial charge in [-0.1, -0.05) is 36.4 Å². The zero-order chi connectivity index (χ0) is 14.5. The Labute approximate surface area is 119 Å². The first kappa shape index (κ1) is 14.1. The number of anilines is 1. The van der Waals surface area contributed by atoms with Crippen LogP contribution in [0.15, 0.2) is 42.5 Å². The van der Waals surface area contributed by atoms with Gasteiger partial charge >= 0.3 is 0 Å². The number of para-hydroxylation sites is 1. The number of nitrogens with two attached hydrogens (primary N) is 1. The van der Waals surface area contributed by atoms with Crippen LogP contribution in [0.4, 0.5) is 5.69 Å². The minimum atomic E-state index is -0.111. The Morgan fingerprint density at radius 2 is 1.75 bits per heavy atom. The molecule has 0 heterocycles. The van der Waals surface area contributed by atoms with Gasteiger partial charge in [0, 0.05) is 12.2 Å². The summed E-state index contributed by atoms with van der Waals surface area (Å²) in [6.07, 6.45) is 0.824. The van der Waals surface area contributed by atoms with Crippen molar-refractivity contribution in [1.29, 1.82) is 0 Å². The summed E-state index contributed by atoms with van der Waals surface area (Å²) < 4.78 is 0. The Hall–Kier alpha value is -2.29. The second-order valence-corrected chi connectivity index (χ2v) is 4.97. The number of carbonyl (C=O) groups is 1. The van der Waals surface area contributed by atoms with E-state index in [0.717, 1.165) is 12.0 Å². The fourth-order valence-corrected chi connectivity index (χ4v) is 2.18. The average Bonchev–Trinajstić information content (AvgIpc) is 2.44. The van der Waals surface area contributed by atoms with Gasteiger partial charge < -0.3 is 11.1 Å². The normalized spacial score (nSPS) is 10.3. The molecule has 0 aliphatic rings. The van der Waals surface area contributed by atoms with Crippen LogP contribution in [-0.2, 0) is 6.42 Å². The highest BCUT2D eigenvalue weighted by atomic mass is 16.1. The molecule has 104 valence electrons. The number of benzene rings is 2. The van der Waals surface area contributed by atoms with Gasteiger partial charge in [-0.2, -0.15) is 0 Å². The molecule has 0 aliphatic carbocycles. The quantitative estimate of drug-likeness (QED) is 0.838. The van der Waals surface area contributed by atoms with Gasteiger partial charge in [0.2, 0.25) is 0 Å². The molecular weight excluding hydrogens is 248 g/mol. The average molecular weight is 268 g/mol. The predicted octanol–water partition coefficient (Wildman–Crippen LogP) is 2.86. The largest absolute Gasteiger partial charge is 0.398 e. The number of aryl methyl sites for hydroxylation is 2. The van der Waals surface area contributed by atoms with Crippen LogP contribution in [0.5, 0.6) is 0 Å². The van der Waals surface area contributed by atoms with E-state index in [1.807, 2.05) is 31.2 Å². The van der Waals surface area contributed by atoms with E-state index in [4.69, 9.17) is 5.73 Å². The van der Waals surface area contributed by atoms with Crippen LogP contribution in [0.3, 0.4) is 0 Å². The molecule has 3 heteroatoms. The van der Waals surface area contributed by atoms with E-state index >= 15 is 0 Å². The fourth-order valence-electron chi connectivity index (χ4n) is 2.18. The molecule has 0 saturated carbocycles. The minimum absolute atomic E-state index is 0.111. The molecule has 0 spiro atoms. The maximum absolute atomic E-state index is 12.1. The second-order valence-electron chi connectivity index (χ2n) is 4.97. The number of hydrogen-bond donors (Lipinski definition) is 2. The third-order valence-corrected chi connectivity index (χ3v) is 3.51. The van der Waals surface area contributed by atoms with Crippen molar-refractivity contribution in [3.63, 3.8) is 0 Å². The molecule has 0 unspecified atom stereocenters. The SMILES string of the molecule is Cc1ccccc1CCNC(=O)c1cccc(C)c1N.